The molecule has 38 heavy (non-hydrogen) atoms. The number of esters is 1. The van der Waals surface area contributed by atoms with Crippen LogP contribution in [0.2, 0.25) is 0 Å². The number of piperazine rings is 1. The maximum Gasteiger partial charge on any atom is 0.321 e. The second kappa shape index (κ2) is 11.6. The van der Waals surface area contributed by atoms with Crippen LogP contribution in [0.15, 0.2) is 89.9 Å². The van der Waals surface area contributed by atoms with Crippen molar-refractivity contribution in [3.63, 3.8) is 0 Å². The van der Waals surface area contributed by atoms with Gasteiger partial charge in [0.2, 0.25) is 11.9 Å². The van der Waals surface area contributed by atoms with Gasteiger partial charge in [0.15, 0.2) is 5.92 Å². The summed E-state index contributed by atoms with van der Waals surface area (Å²) < 4.78 is 5.25. The maximum atomic E-state index is 13.2. The van der Waals surface area contributed by atoms with Gasteiger partial charge in [0.25, 0.3) is 0 Å². The third kappa shape index (κ3) is 5.48. The van der Waals surface area contributed by atoms with E-state index in [-0.39, 0.29) is 18.6 Å². The molecule has 7 nitrogen and oxygen atoms in total. The number of benzene rings is 3. The average Bonchev–Trinajstić information content (AvgIpc) is 2.94. The minimum Gasteiger partial charge on any atom is -0.465 e. The number of nitrogens with one attached hydrogen (secondary N) is 1. The molecule has 1 N–H and O–H groups in total. The number of amides is 1. The molecule has 2 aliphatic heterocycles. The van der Waals surface area contributed by atoms with Crippen LogP contribution in [0.5, 0.6) is 0 Å². The highest BCUT2D eigenvalue weighted by Gasteiger charge is 2.42. The summed E-state index contributed by atoms with van der Waals surface area (Å²) in [6.45, 7) is 6.98. The number of hydrogen-bond donors (Lipinski definition) is 1. The van der Waals surface area contributed by atoms with Crippen LogP contribution < -0.4 is 5.32 Å². The van der Waals surface area contributed by atoms with Gasteiger partial charge in [0, 0.05) is 26.2 Å². The van der Waals surface area contributed by atoms with Crippen LogP contribution >= 0.6 is 0 Å². The molecule has 0 saturated carbocycles. The first-order valence-corrected chi connectivity index (χ1v) is 13.3. The Morgan fingerprint density at radius 1 is 0.947 bits per heavy atom. The van der Waals surface area contributed by atoms with Gasteiger partial charge in [-0.25, -0.2) is 4.99 Å². The number of rotatable bonds is 6. The topological polar surface area (TPSA) is 74.2 Å². The molecule has 2 heterocycles. The molecular weight excluding hydrogens is 476 g/mol. The van der Waals surface area contributed by atoms with Crippen LogP contribution in [-0.2, 0) is 14.3 Å². The molecule has 1 amide bonds. The van der Waals surface area contributed by atoms with Crippen molar-refractivity contribution in [3.05, 3.63) is 107 Å². The number of hydrogen-bond acceptors (Lipinski definition) is 6. The number of carbonyl (C=O) groups is 2. The normalized spacial score (nSPS) is 20.1. The van der Waals surface area contributed by atoms with Crippen molar-refractivity contribution < 1.29 is 14.3 Å². The Hall–Kier alpha value is -3.97. The van der Waals surface area contributed by atoms with Crippen molar-refractivity contribution in [1.29, 1.82) is 0 Å². The largest absolute Gasteiger partial charge is 0.465 e. The zero-order valence-corrected chi connectivity index (χ0v) is 21.9. The van der Waals surface area contributed by atoms with Crippen LogP contribution in [0, 0.1) is 12.8 Å². The third-order valence-corrected chi connectivity index (χ3v) is 7.23. The SMILES string of the molecule is CCOC(=O)[C@H]1C(=O)NC(N2CCN(C(c3ccccc3)c3ccccc3)CC2)=N[C@H]1c1cccc(C)c1. The molecule has 0 unspecified atom stereocenters. The standard InChI is InChI=1S/C31H34N4O3/c1-3-38-30(37)26-27(25-16-10-11-22(2)21-25)32-31(33-29(26)36)35-19-17-34(18-20-35)28(23-12-6-4-7-13-23)24-14-8-5-9-15-24/h4-16,21,26-28H,3,17-20H2,1-2H3,(H,32,33,36)/t26-,27+/m1/s1. The van der Waals surface area contributed by atoms with Gasteiger partial charge in [-0.3, -0.25) is 19.8 Å². The van der Waals surface area contributed by atoms with Gasteiger partial charge in [0.1, 0.15) is 6.04 Å². The van der Waals surface area contributed by atoms with Gasteiger partial charge in [-0.1, -0.05) is 90.5 Å². The fourth-order valence-corrected chi connectivity index (χ4v) is 5.40. The predicted molar refractivity (Wildman–Crippen MR) is 147 cm³/mol. The summed E-state index contributed by atoms with van der Waals surface area (Å²) >= 11 is 0. The molecule has 0 aliphatic carbocycles. The molecule has 7 heteroatoms. The lowest BCUT2D eigenvalue weighted by Gasteiger charge is -2.42. The summed E-state index contributed by atoms with van der Waals surface area (Å²) in [5.41, 5.74) is 4.40. The Kier molecular flexibility index (Phi) is 7.84. The lowest BCUT2D eigenvalue weighted by molar-refractivity contribution is -0.153. The van der Waals surface area contributed by atoms with E-state index in [1.807, 2.05) is 43.3 Å². The quantitative estimate of drug-likeness (QED) is 0.399. The van der Waals surface area contributed by atoms with Crippen LogP contribution in [-0.4, -0.2) is 60.4 Å². The molecule has 3 aromatic rings. The molecule has 1 saturated heterocycles. The molecule has 0 bridgehead atoms. The Labute approximate surface area is 224 Å². The first kappa shape index (κ1) is 25.7. The summed E-state index contributed by atoms with van der Waals surface area (Å²) in [5, 5.41) is 2.91. The van der Waals surface area contributed by atoms with Gasteiger partial charge in [-0.15, -0.1) is 0 Å². The Morgan fingerprint density at radius 3 is 2.16 bits per heavy atom. The Balaban J connectivity index is 1.38. The molecule has 196 valence electrons. The zero-order valence-electron chi connectivity index (χ0n) is 21.9. The zero-order chi connectivity index (χ0) is 26.5. The van der Waals surface area contributed by atoms with Gasteiger partial charge in [0.05, 0.1) is 12.6 Å². The monoisotopic (exact) mass is 510 g/mol. The highest BCUT2D eigenvalue weighted by atomic mass is 16.5. The average molecular weight is 511 g/mol. The van der Waals surface area contributed by atoms with Gasteiger partial charge in [-0.05, 0) is 30.5 Å². The number of aryl methyl sites for hydroxylation is 1. The van der Waals surface area contributed by atoms with E-state index >= 15 is 0 Å². The van der Waals surface area contributed by atoms with E-state index in [0.717, 1.165) is 24.2 Å². The smallest absolute Gasteiger partial charge is 0.321 e. The number of aliphatic imine (C=N–C) groups is 1. The van der Waals surface area contributed by atoms with Crippen molar-refractivity contribution >= 4 is 17.8 Å². The summed E-state index contributed by atoms with van der Waals surface area (Å²) in [4.78, 5) is 35.5. The van der Waals surface area contributed by atoms with Crippen molar-refractivity contribution in [2.75, 3.05) is 32.8 Å². The Morgan fingerprint density at radius 2 is 1.58 bits per heavy atom. The first-order valence-electron chi connectivity index (χ1n) is 13.3. The van der Waals surface area contributed by atoms with Crippen molar-refractivity contribution in [2.24, 2.45) is 10.9 Å². The van der Waals surface area contributed by atoms with E-state index in [4.69, 9.17) is 9.73 Å². The van der Waals surface area contributed by atoms with Crippen LogP contribution in [0.1, 0.15) is 41.3 Å². The molecule has 2 aliphatic rings. The van der Waals surface area contributed by atoms with Gasteiger partial charge >= 0.3 is 5.97 Å². The minimum atomic E-state index is -1.01. The fraction of sp³-hybridized carbons (Fsp3) is 0.323. The summed E-state index contributed by atoms with van der Waals surface area (Å²) in [6.07, 6.45) is 0. The van der Waals surface area contributed by atoms with Crippen molar-refractivity contribution in [1.82, 2.24) is 15.1 Å². The molecular formula is C31H34N4O3. The molecule has 0 radical (unpaired) electrons. The summed E-state index contributed by atoms with van der Waals surface area (Å²) in [5.74, 6) is -1.40. The second-order valence-corrected chi connectivity index (χ2v) is 9.78. The molecule has 5 rings (SSSR count). The summed E-state index contributed by atoms with van der Waals surface area (Å²) in [7, 11) is 0. The summed E-state index contributed by atoms with van der Waals surface area (Å²) in [6, 6.07) is 28.5. The van der Waals surface area contributed by atoms with E-state index in [2.05, 4.69) is 63.6 Å². The first-order chi connectivity index (χ1) is 18.5. The highest BCUT2D eigenvalue weighted by molar-refractivity contribution is 6.08. The highest BCUT2D eigenvalue weighted by Crippen LogP contribution is 2.33. The van der Waals surface area contributed by atoms with E-state index in [1.54, 1.807) is 6.92 Å². The lowest BCUT2D eigenvalue weighted by atomic mass is 9.90. The lowest BCUT2D eigenvalue weighted by Crippen LogP contribution is -2.57. The number of guanidine groups is 1. The third-order valence-electron chi connectivity index (χ3n) is 7.23. The van der Waals surface area contributed by atoms with E-state index in [0.29, 0.717) is 19.0 Å². The molecule has 3 aromatic carbocycles. The van der Waals surface area contributed by atoms with Crippen LogP contribution in [0.25, 0.3) is 0 Å². The van der Waals surface area contributed by atoms with E-state index in [9.17, 15) is 9.59 Å². The van der Waals surface area contributed by atoms with Crippen LogP contribution in [0.3, 0.4) is 0 Å². The molecule has 0 aromatic heterocycles. The molecule has 0 spiro atoms. The predicted octanol–water partition coefficient (Wildman–Crippen LogP) is 4.11. The van der Waals surface area contributed by atoms with Crippen molar-refractivity contribution in [2.45, 2.75) is 25.9 Å². The second-order valence-electron chi connectivity index (χ2n) is 9.78. The maximum absolute atomic E-state index is 13.2. The van der Waals surface area contributed by atoms with E-state index in [1.165, 1.54) is 11.1 Å². The minimum absolute atomic E-state index is 0.149. The Bertz CT molecular complexity index is 1250. The van der Waals surface area contributed by atoms with Gasteiger partial charge in [-0.2, -0.15) is 0 Å². The fourth-order valence-electron chi connectivity index (χ4n) is 5.40. The number of carbonyl (C=O) groups excluding carboxylic acids is 2. The number of nitrogens with zero attached hydrogens (tertiary/aromatic N) is 3. The van der Waals surface area contributed by atoms with Gasteiger partial charge < -0.3 is 9.64 Å². The van der Waals surface area contributed by atoms with Crippen LogP contribution in [0.4, 0.5) is 0 Å². The van der Waals surface area contributed by atoms with Crippen molar-refractivity contribution in [3.8, 4) is 0 Å². The molecule has 1 fully saturated rings. The molecule has 2 atom stereocenters. The number of ether oxygens (including phenoxy) is 1. The van der Waals surface area contributed by atoms with E-state index < -0.39 is 17.9 Å².